The zero-order chi connectivity index (χ0) is 13.1. The maximum Gasteiger partial charge on any atom is 0.309 e. The van der Waals surface area contributed by atoms with Gasteiger partial charge in [0.25, 0.3) is 0 Å². The molecule has 0 saturated heterocycles. The van der Waals surface area contributed by atoms with Gasteiger partial charge in [-0.05, 0) is 27.8 Å². The highest BCUT2D eigenvalue weighted by Gasteiger charge is 2.10. The summed E-state index contributed by atoms with van der Waals surface area (Å²) in [6.07, 6.45) is 0.334. The van der Waals surface area contributed by atoms with Gasteiger partial charge < -0.3 is 4.74 Å². The number of esters is 1. The molecule has 2 heteroatoms. The minimum absolute atomic E-state index is 0.194. The average molecular weight is 242 g/mol. The maximum atomic E-state index is 11.4. The summed E-state index contributed by atoms with van der Waals surface area (Å²) in [5, 5.41) is 2.45. The lowest BCUT2D eigenvalue weighted by Gasteiger charge is -2.12. The van der Waals surface area contributed by atoms with Gasteiger partial charge in [0.15, 0.2) is 0 Å². The predicted octanol–water partition coefficient (Wildman–Crippen LogP) is 3.68. The summed E-state index contributed by atoms with van der Waals surface area (Å²) in [5.74, 6) is 0.243. The summed E-state index contributed by atoms with van der Waals surface area (Å²) in [7, 11) is 1.42. The molecule has 0 aliphatic rings. The molecule has 0 N–H and O–H groups in total. The Morgan fingerprint density at radius 3 is 2.61 bits per heavy atom. The quantitative estimate of drug-likeness (QED) is 0.767. The van der Waals surface area contributed by atoms with Crippen LogP contribution >= 0.6 is 0 Å². The molecule has 94 valence electrons. The van der Waals surface area contributed by atoms with Gasteiger partial charge in [0.2, 0.25) is 0 Å². The molecule has 0 aromatic heterocycles. The number of carbonyl (C=O) groups excluding carboxylic acids is 1. The largest absolute Gasteiger partial charge is 0.469 e. The number of fused-ring (bicyclic) bond motifs is 1. The topological polar surface area (TPSA) is 26.3 Å². The second kappa shape index (κ2) is 5.21. The number of hydrogen-bond donors (Lipinski definition) is 0. The highest BCUT2D eigenvalue weighted by atomic mass is 16.5. The fourth-order valence-electron chi connectivity index (χ4n) is 2.22. The van der Waals surface area contributed by atoms with Crippen LogP contribution in [0.4, 0.5) is 0 Å². The maximum absolute atomic E-state index is 11.4. The third kappa shape index (κ3) is 2.53. The van der Waals surface area contributed by atoms with Gasteiger partial charge in [-0.1, -0.05) is 50.2 Å². The fraction of sp³-hybridized carbons (Fsp3) is 0.312. The van der Waals surface area contributed by atoms with Gasteiger partial charge in [-0.25, -0.2) is 0 Å². The van der Waals surface area contributed by atoms with E-state index in [1.54, 1.807) is 0 Å². The first-order valence-corrected chi connectivity index (χ1v) is 6.20. The molecule has 2 aromatic carbocycles. The SMILES string of the molecule is COC(=O)Cc1cc(C(C)C)c2ccccc2c1. The highest BCUT2D eigenvalue weighted by Crippen LogP contribution is 2.27. The first kappa shape index (κ1) is 12.6. The van der Waals surface area contributed by atoms with Crippen molar-refractivity contribution in [2.24, 2.45) is 0 Å². The van der Waals surface area contributed by atoms with Crippen LogP contribution in [0.5, 0.6) is 0 Å². The van der Waals surface area contributed by atoms with Crippen molar-refractivity contribution in [2.45, 2.75) is 26.2 Å². The van der Waals surface area contributed by atoms with E-state index in [1.807, 2.05) is 12.1 Å². The van der Waals surface area contributed by atoms with Crippen LogP contribution in [0.3, 0.4) is 0 Å². The third-order valence-corrected chi connectivity index (χ3v) is 3.15. The van der Waals surface area contributed by atoms with E-state index < -0.39 is 0 Å². The second-order valence-corrected chi connectivity index (χ2v) is 4.81. The molecule has 2 rings (SSSR count). The van der Waals surface area contributed by atoms with Gasteiger partial charge in [0, 0.05) is 0 Å². The van der Waals surface area contributed by atoms with E-state index in [-0.39, 0.29) is 5.97 Å². The minimum atomic E-state index is -0.194. The Labute approximate surface area is 108 Å². The molecule has 0 bridgehead atoms. The summed E-state index contributed by atoms with van der Waals surface area (Å²) in [6.45, 7) is 4.34. The van der Waals surface area contributed by atoms with Crippen molar-refractivity contribution in [2.75, 3.05) is 7.11 Å². The standard InChI is InChI=1S/C16H18O2/c1-11(2)15-9-12(10-16(17)18-3)8-13-6-4-5-7-14(13)15/h4-9,11H,10H2,1-3H3. The number of rotatable bonds is 3. The van der Waals surface area contributed by atoms with E-state index in [0.717, 1.165) is 5.56 Å². The van der Waals surface area contributed by atoms with Crippen molar-refractivity contribution in [1.29, 1.82) is 0 Å². The Morgan fingerprint density at radius 1 is 1.22 bits per heavy atom. The van der Waals surface area contributed by atoms with Gasteiger partial charge >= 0.3 is 5.97 Å². The number of benzene rings is 2. The van der Waals surface area contributed by atoms with Crippen LogP contribution in [0.25, 0.3) is 10.8 Å². The smallest absolute Gasteiger partial charge is 0.309 e. The van der Waals surface area contributed by atoms with E-state index in [9.17, 15) is 4.79 Å². The summed E-state index contributed by atoms with van der Waals surface area (Å²) >= 11 is 0. The number of ether oxygens (including phenoxy) is 1. The van der Waals surface area contributed by atoms with Gasteiger partial charge in [0.05, 0.1) is 13.5 Å². The van der Waals surface area contributed by atoms with Crippen molar-refractivity contribution in [3.63, 3.8) is 0 Å². The molecule has 0 aliphatic heterocycles. The number of hydrogen-bond acceptors (Lipinski definition) is 2. The van der Waals surface area contributed by atoms with Crippen LogP contribution < -0.4 is 0 Å². The molecular formula is C16H18O2. The van der Waals surface area contributed by atoms with Crippen LogP contribution in [0.1, 0.15) is 30.9 Å². The predicted molar refractivity (Wildman–Crippen MR) is 73.8 cm³/mol. The highest BCUT2D eigenvalue weighted by molar-refractivity contribution is 5.88. The molecule has 0 saturated carbocycles. The van der Waals surface area contributed by atoms with Crippen molar-refractivity contribution >= 4 is 16.7 Å². The Kier molecular flexibility index (Phi) is 3.66. The van der Waals surface area contributed by atoms with Gasteiger partial charge in [0.1, 0.15) is 0 Å². The Balaban J connectivity index is 2.53. The molecule has 18 heavy (non-hydrogen) atoms. The lowest BCUT2D eigenvalue weighted by molar-refractivity contribution is -0.139. The molecular weight excluding hydrogens is 224 g/mol. The van der Waals surface area contributed by atoms with Crippen LogP contribution in [0.2, 0.25) is 0 Å². The molecule has 2 nitrogen and oxygen atoms in total. The zero-order valence-corrected chi connectivity index (χ0v) is 11.1. The average Bonchev–Trinajstić information content (AvgIpc) is 2.37. The number of methoxy groups -OCH3 is 1. The van der Waals surface area contributed by atoms with Crippen LogP contribution in [0, 0.1) is 0 Å². The molecule has 0 heterocycles. The summed E-state index contributed by atoms with van der Waals surface area (Å²) in [4.78, 5) is 11.4. The van der Waals surface area contributed by atoms with E-state index in [4.69, 9.17) is 4.74 Å². The molecule has 2 aromatic rings. The lowest BCUT2D eigenvalue weighted by atomic mass is 9.93. The van der Waals surface area contributed by atoms with Gasteiger partial charge in [-0.2, -0.15) is 0 Å². The van der Waals surface area contributed by atoms with E-state index >= 15 is 0 Å². The Bertz CT molecular complexity index is 570. The molecule has 0 atom stereocenters. The summed E-state index contributed by atoms with van der Waals surface area (Å²) in [5.41, 5.74) is 2.30. The molecule has 0 radical (unpaired) electrons. The second-order valence-electron chi connectivity index (χ2n) is 4.81. The lowest BCUT2D eigenvalue weighted by Crippen LogP contribution is -2.05. The first-order valence-electron chi connectivity index (χ1n) is 6.20. The monoisotopic (exact) mass is 242 g/mol. The Hall–Kier alpha value is -1.83. The fourth-order valence-corrected chi connectivity index (χ4v) is 2.22. The Morgan fingerprint density at radius 2 is 1.94 bits per heavy atom. The van der Waals surface area contributed by atoms with E-state index in [2.05, 4.69) is 38.1 Å². The van der Waals surface area contributed by atoms with Crippen LogP contribution in [0.15, 0.2) is 36.4 Å². The van der Waals surface area contributed by atoms with Crippen LogP contribution in [-0.4, -0.2) is 13.1 Å². The molecule has 0 spiro atoms. The molecule has 0 amide bonds. The normalized spacial score (nSPS) is 10.9. The van der Waals surface area contributed by atoms with Crippen LogP contribution in [-0.2, 0) is 16.0 Å². The zero-order valence-electron chi connectivity index (χ0n) is 11.1. The van der Waals surface area contributed by atoms with Gasteiger partial charge in [-0.3, -0.25) is 4.79 Å². The summed E-state index contributed by atoms with van der Waals surface area (Å²) in [6, 6.07) is 12.5. The van der Waals surface area contributed by atoms with Crippen molar-refractivity contribution in [3.8, 4) is 0 Å². The van der Waals surface area contributed by atoms with E-state index in [1.165, 1.54) is 23.4 Å². The molecule has 0 unspecified atom stereocenters. The summed E-state index contributed by atoms with van der Waals surface area (Å²) < 4.78 is 4.73. The van der Waals surface area contributed by atoms with Gasteiger partial charge in [-0.15, -0.1) is 0 Å². The van der Waals surface area contributed by atoms with Crippen molar-refractivity contribution < 1.29 is 9.53 Å². The first-order chi connectivity index (χ1) is 8.61. The van der Waals surface area contributed by atoms with Crippen molar-refractivity contribution in [3.05, 3.63) is 47.5 Å². The molecule has 0 aliphatic carbocycles. The molecule has 0 fully saturated rings. The number of carbonyl (C=O) groups is 1. The van der Waals surface area contributed by atoms with E-state index in [0.29, 0.717) is 12.3 Å². The third-order valence-electron chi connectivity index (χ3n) is 3.15. The minimum Gasteiger partial charge on any atom is -0.469 e. The van der Waals surface area contributed by atoms with Crippen molar-refractivity contribution in [1.82, 2.24) is 0 Å².